The van der Waals surface area contributed by atoms with E-state index in [4.69, 9.17) is 6.42 Å². The molecule has 0 aromatic heterocycles. The highest BCUT2D eigenvalue weighted by atomic mass is 32.2. The SMILES string of the molecule is C#CCN(CC1(C=C)CC1)S(=O)(=O)c1ccc(C)cc1. The summed E-state index contributed by atoms with van der Waals surface area (Å²) in [6.07, 6.45) is 9.12. The Kier molecular flexibility index (Phi) is 4.03. The fourth-order valence-electron chi connectivity index (χ4n) is 2.13. The van der Waals surface area contributed by atoms with E-state index in [-0.39, 0.29) is 12.0 Å². The van der Waals surface area contributed by atoms with E-state index in [9.17, 15) is 8.42 Å². The number of hydrogen-bond donors (Lipinski definition) is 0. The molecule has 0 radical (unpaired) electrons. The fourth-order valence-corrected chi connectivity index (χ4v) is 3.58. The molecule has 1 fully saturated rings. The molecule has 0 amide bonds. The molecule has 1 aliphatic carbocycles. The largest absolute Gasteiger partial charge is 0.243 e. The van der Waals surface area contributed by atoms with Crippen LogP contribution < -0.4 is 0 Å². The first kappa shape index (κ1) is 14.8. The standard InChI is InChI=1S/C16H19NO2S/c1-4-12-17(13-16(5-2)10-11-16)20(18,19)15-8-6-14(3)7-9-15/h1,5-9H,2,10-13H2,3H3. The van der Waals surface area contributed by atoms with Crippen LogP contribution in [0.3, 0.4) is 0 Å². The monoisotopic (exact) mass is 289 g/mol. The Morgan fingerprint density at radius 1 is 1.40 bits per heavy atom. The summed E-state index contributed by atoms with van der Waals surface area (Å²) in [5.41, 5.74) is 0.937. The van der Waals surface area contributed by atoms with E-state index < -0.39 is 10.0 Å². The zero-order valence-electron chi connectivity index (χ0n) is 11.7. The lowest BCUT2D eigenvalue weighted by atomic mass is 10.1. The van der Waals surface area contributed by atoms with E-state index in [1.54, 1.807) is 24.3 Å². The van der Waals surface area contributed by atoms with Gasteiger partial charge in [-0.15, -0.1) is 13.0 Å². The fraction of sp³-hybridized carbons (Fsp3) is 0.375. The van der Waals surface area contributed by atoms with Gasteiger partial charge in [-0.1, -0.05) is 29.7 Å². The smallest absolute Gasteiger partial charge is 0.207 e. The van der Waals surface area contributed by atoms with Crippen LogP contribution in [0.15, 0.2) is 41.8 Å². The number of nitrogens with zero attached hydrogens (tertiary/aromatic N) is 1. The number of terminal acetylenes is 1. The Hall–Kier alpha value is -1.57. The first-order chi connectivity index (χ1) is 9.43. The third kappa shape index (κ3) is 2.95. The van der Waals surface area contributed by atoms with Crippen LogP contribution in [0.5, 0.6) is 0 Å². The van der Waals surface area contributed by atoms with Crippen molar-refractivity contribution >= 4 is 10.0 Å². The van der Waals surface area contributed by atoms with Crippen molar-refractivity contribution in [2.45, 2.75) is 24.7 Å². The van der Waals surface area contributed by atoms with Crippen molar-refractivity contribution in [3.8, 4) is 12.3 Å². The summed E-state index contributed by atoms with van der Waals surface area (Å²) < 4.78 is 26.7. The molecule has 3 nitrogen and oxygen atoms in total. The van der Waals surface area contributed by atoms with Gasteiger partial charge in [-0.05, 0) is 31.9 Å². The van der Waals surface area contributed by atoms with Gasteiger partial charge in [0, 0.05) is 12.0 Å². The molecule has 0 saturated heterocycles. The van der Waals surface area contributed by atoms with E-state index in [0.717, 1.165) is 18.4 Å². The lowest BCUT2D eigenvalue weighted by Crippen LogP contribution is -2.36. The lowest BCUT2D eigenvalue weighted by molar-refractivity contribution is 0.392. The van der Waals surface area contributed by atoms with Crippen molar-refractivity contribution in [1.29, 1.82) is 0 Å². The molecule has 0 atom stereocenters. The van der Waals surface area contributed by atoms with Crippen LogP contribution >= 0.6 is 0 Å². The van der Waals surface area contributed by atoms with Gasteiger partial charge in [0.25, 0.3) is 0 Å². The minimum atomic E-state index is -3.54. The first-order valence-corrected chi connectivity index (χ1v) is 8.01. The maximum atomic E-state index is 12.7. The molecular weight excluding hydrogens is 270 g/mol. The molecule has 106 valence electrons. The molecular formula is C16H19NO2S. The number of sulfonamides is 1. The second-order valence-electron chi connectivity index (χ2n) is 5.36. The first-order valence-electron chi connectivity index (χ1n) is 6.57. The Morgan fingerprint density at radius 3 is 2.45 bits per heavy atom. The van der Waals surface area contributed by atoms with Crippen molar-refractivity contribution < 1.29 is 8.42 Å². The summed E-state index contributed by atoms with van der Waals surface area (Å²) in [4.78, 5) is 0.290. The van der Waals surface area contributed by atoms with Gasteiger partial charge in [0.2, 0.25) is 10.0 Å². The highest BCUT2D eigenvalue weighted by molar-refractivity contribution is 7.89. The average molecular weight is 289 g/mol. The van der Waals surface area contributed by atoms with Crippen LogP contribution in [0.4, 0.5) is 0 Å². The molecule has 0 heterocycles. The Balaban J connectivity index is 2.30. The van der Waals surface area contributed by atoms with Crippen molar-refractivity contribution in [3.63, 3.8) is 0 Å². The van der Waals surface area contributed by atoms with Crippen LogP contribution in [-0.4, -0.2) is 25.8 Å². The molecule has 1 aromatic rings. The number of hydrogen-bond acceptors (Lipinski definition) is 2. The lowest BCUT2D eigenvalue weighted by Gasteiger charge is -2.23. The van der Waals surface area contributed by atoms with Gasteiger partial charge >= 0.3 is 0 Å². The molecule has 0 bridgehead atoms. The topological polar surface area (TPSA) is 37.4 Å². The third-order valence-electron chi connectivity index (χ3n) is 3.74. The number of benzene rings is 1. The van der Waals surface area contributed by atoms with Crippen molar-refractivity contribution in [2.75, 3.05) is 13.1 Å². The molecule has 0 spiro atoms. The van der Waals surface area contributed by atoms with E-state index in [1.807, 2.05) is 13.0 Å². The summed E-state index contributed by atoms with van der Waals surface area (Å²) in [5.74, 6) is 2.44. The predicted molar refractivity (Wildman–Crippen MR) is 80.6 cm³/mol. The van der Waals surface area contributed by atoms with Crippen molar-refractivity contribution in [1.82, 2.24) is 4.31 Å². The van der Waals surface area contributed by atoms with Crippen LogP contribution in [0.25, 0.3) is 0 Å². The van der Waals surface area contributed by atoms with Crippen molar-refractivity contribution in [3.05, 3.63) is 42.5 Å². The molecule has 1 aromatic carbocycles. The zero-order valence-corrected chi connectivity index (χ0v) is 12.5. The molecule has 0 N–H and O–H groups in total. The van der Waals surface area contributed by atoms with Gasteiger partial charge in [-0.25, -0.2) is 8.42 Å². The summed E-state index contributed by atoms with van der Waals surface area (Å²) in [6.45, 7) is 6.23. The van der Waals surface area contributed by atoms with Crippen LogP contribution in [0.2, 0.25) is 0 Å². The normalized spacial score (nSPS) is 16.6. The number of aryl methyl sites for hydroxylation is 1. The van der Waals surface area contributed by atoms with Crippen LogP contribution in [0, 0.1) is 24.7 Å². The Labute approximate surface area is 121 Å². The second kappa shape index (κ2) is 5.43. The van der Waals surface area contributed by atoms with Gasteiger partial charge < -0.3 is 0 Å². The summed E-state index contributed by atoms with van der Waals surface area (Å²) in [5, 5.41) is 0. The maximum absolute atomic E-state index is 12.7. The average Bonchev–Trinajstić information content (AvgIpc) is 3.19. The minimum Gasteiger partial charge on any atom is -0.207 e. The van der Waals surface area contributed by atoms with Gasteiger partial charge in [0.1, 0.15) is 0 Å². The summed E-state index contributed by atoms with van der Waals surface area (Å²) in [7, 11) is -3.54. The Morgan fingerprint density at radius 2 is 2.00 bits per heavy atom. The maximum Gasteiger partial charge on any atom is 0.243 e. The zero-order chi connectivity index (χ0) is 14.8. The van der Waals surface area contributed by atoms with Gasteiger partial charge in [-0.3, -0.25) is 0 Å². The van der Waals surface area contributed by atoms with E-state index in [0.29, 0.717) is 11.4 Å². The van der Waals surface area contributed by atoms with Gasteiger partial charge in [-0.2, -0.15) is 4.31 Å². The molecule has 1 saturated carbocycles. The number of rotatable bonds is 6. The van der Waals surface area contributed by atoms with Crippen molar-refractivity contribution in [2.24, 2.45) is 5.41 Å². The van der Waals surface area contributed by atoms with Crippen LogP contribution in [0.1, 0.15) is 18.4 Å². The molecule has 0 unspecified atom stereocenters. The highest BCUT2D eigenvalue weighted by Gasteiger charge is 2.43. The second-order valence-corrected chi connectivity index (χ2v) is 7.29. The molecule has 20 heavy (non-hydrogen) atoms. The highest BCUT2D eigenvalue weighted by Crippen LogP contribution is 2.47. The van der Waals surface area contributed by atoms with Crippen LogP contribution in [-0.2, 0) is 10.0 Å². The molecule has 0 aliphatic heterocycles. The van der Waals surface area contributed by atoms with Gasteiger partial charge in [0.15, 0.2) is 0 Å². The molecule has 1 aliphatic rings. The van der Waals surface area contributed by atoms with E-state index >= 15 is 0 Å². The quantitative estimate of drug-likeness (QED) is 0.596. The molecule has 4 heteroatoms. The molecule has 2 rings (SSSR count). The third-order valence-corrected chi connectivity index (χ3v) is 5.55. The summed E-state index contributed by atoms with van der Waals surface area (Å²) >= 11 is 0. The minimum absolute atomic E-state index is 0.0887. The van der Waals surface area contributed by atoms with E-state index in [2.05, 4.69) is 12.5 Å². The Bertz CT molecular complexity index is 634. The summed E-state index contributed by atoms with van der Waals surface area (Å²) in [6, 6.07) is 6.84. The van der Waals surface area contributed by atoms with E-state index in [1.165, 1.54) is 4.31 Å². The predicted octanol–water partition coefficient (Wildman–Crippen LogP) is 2.59. The van der Waals surface area contributed by atoms with Gasteiger partial charge in [0.05, 0.1) is 11.4 Å².